The topological polar surface area (TPSA) is 174 Å². The summed E-state index contributed by atoms with van der Waals surface area (Å²) in [6, 6.07) is 4.46. The summed E-state index contributed by atoms with van der Waals surface area (Å²) in [6.45, 7) is 0. The minimum absolute atomic E-state index is 0. The molecule has 0 radical (unpaired) electrons. The molecule has 4 aromatic rings. The van der Waals surface area contributed by atoms with E-state index in [1.807, 2.05) is 0 Å². The zero-order valence-electron chi connectivity index (χ0n) is 25.4. The van der Waals surface area contributed by atoms with Crippen molar-refractivity contribution in [3.63, 3.8) is 0 Å². The number of nitrogen functional groups attached to an aromatic ring is 2. The molecular weight excluding hydrogens is 621 g/mol. The number of fused-ring (bicyclic) bond motifs is 1. The van der Waals surface area contributed by atoms with Crippen LogP contribution in [0.2, 0.25) is 0 Å². The summed E-state index contributed by atoms with van der Waals surface area (Å²) in [4.78, 5) is 32.6. The van der Waals surface area contributed by atoms with Gasteiger partial charge in [-0.3, -0.25) is 4.79 Å². The molecule has 1 saturated carbocycles. The fourth-order valence-corrected chi connectivity index (χ4v) is 5.69. The molecule has 0 saturated heterocycles. The number of hydrogen-bond donors (Lipinski definition) is 3. The molecule has 0 aliphatic heterocycles. The van der Waals surface area contributed by atoms with Crippen LogP contribution in [0.5, 0.6) is 23.0 Å². The van der Waals surface area contributed by atoms with E-state index in [1.54, 1.807) is 16.7 Å². The zero-order chi connectivity index (χ0) is 32.2. The molecule has 5 N–H and O–H groups in total. The summed E-state index contributed by atoms with van der Waals surface area (Å²) in [6.07, 6.45) is 6.06. The number of rotatable bonds is 7. The van der Waals surface area contributed by atoms with Crippen LogP contribution in [0.3, 0.4) is 0 Å². The Morgan fingerprint density at radius 2 is 1.76 bits per heavy atom. The fourth-order valence-electron chi connectivity index (χ4n) is 5.69. The fraction of sp³-hybridized carbons (Fsp3) is 0.312. The highest BCUT2D eigenvalue weighted by atomic mass is 35.5. The lowest BCUT2D eigenvalue weighted by Gasteiger charge is -2.27. The first-order chi connectivity index (χ1) is 21.6. The van der Waals surface area contributed by atoms with Gasteiger partial charge >= 0.3 is 6.16 Å². The van der Waals surface area contributed by atoms with E-state index >= 15 is 4.39 Å². The Morgan fingerprint density at radius 3 is 2.39 bits per heavy atom. The van der Waals surface area contributed by atoms with Gasteiger partial charge in [0.05, 0.1) is 44.0 Å². The molecule has 2 heterocycles. The van der Waals surface area contributed by atoms with Gasteiger partial charge < -0.3 is 40.1 Å². The number of hydrogen-bond acceptors (Lipinski definition) is 10. The number of ether oxygens (including phenoxy) is 4. The van der Waals surface area contributed by atoms with Crippen molar-refractivity contribution in [3.05, 3.63) is 68.9 Å². The molecule has 2 aromatic heterocycles. The van der Waals surface area contributed by atoms with Gasteiger partial charge in [0.15, 0.2) is 23.0 Å². The number of nitrogens with two attached hydrogens (primary N) is 2. The molecule has 5 rings (SSSR count). The molecule has 12 nitrogen and oxygen atoms in total. The van der Waals surface area contributed by atoms with Crippen molar-refractivity contribution in [1.82, 2.24) is 14.5 Å². The van der Waals surface area contributed by atoms with Crippen LogP contribution in [0.15, 0.2) is 35.4 Å². The first-order valence-electron chi connectivity index (χ1n) is 14.1. The van der Waals surface area contributed by atoms with Gasteiger partial charge in [-0.05, 0) is 36.6 Å². The molecule has 0 spiro atoms. The molecule has 1 aliphatic carbocycles. The van der Waals surface area contributed by atoms with Crippen LogP contribution in [0, 0.1) is 17.7 Å². The normalized spacial score (nSPS) is 12.9. The maximum absolute atomic E-state index is 15.8. The Hall–Kier alpha value is -5.22. The average Bonchev–Trinajstić information content (AvgIpc) is 3.02. The summed E-state index contributed by atoms with van der Waals surface area (Å²) < 4.78 is 39.2. The lowest BCUT2D eigenvalue weighted by atomic mass is 9.94. The van der Waals surface area contributed by atoms with E-state index in [-0.39, 0.29) is 46.9 Å². The monoisotopic (exact) mass is 653 g/mol. The maximum Gasteiger partial charge on any atom is 0.511 e. The van der Waals surface area contributed by atoms with Gasteiger partial charge in [-0.2, -0.15) is 4.98 Å². The van der Waals surface area contributed by atoms with E-state index in [1.165, 1.54) is 33.7 Å². The summed E-state index contributed by atoms with van der Waals surface area (Å²) >= 11 is 0. The van der Waals surface area contributed by atoms with E-state index in [4.69, 9.17) is 30.4 Å². The van der Waals surface area contributed by atoms with Crippen molar-refractivity contribution < 1.29 is 33.2 Å². The molecule has 0 unspecified atom stereocenters. The van der Waals surface area contributed by atoms with Gasteiger partial charge in [0.1, 0.15) is 17.2 Å². The third-order valence-electron chi connectivity index (χ3n) is 7.73. The van der Waals surface area contributed by atoms with Gasteiger partial charge in [-0.15, -0.1) is 12.4 Å². The van der Waals surface area contributed by atoms with E-state index in [2.05, 4.69) is 21.8 Å². The van der Waals surface area contributed by atoms with Gasteiger partial charge in [0.2, 0.25) is 11.4 Å². The lowest BCUT2D eigenvalue weighted by molar-refractivity contribution is 0.143. The number of methoxy groups -OCH3 is 3. The smallest absolute Gasteiger partial charge is 0.493 e. The largest absolute Gasteiger partial charge is 0.511 e. The molecule has 242 valence electrons. The first kappa shape index (κ1) is 33.7. The van der Waals surface area contributed by atoms with Crippen molar-refractivity contribution in [1.29, 1.82) is 0 Å². The predicted octanol–water partition coefficient (Wildman–Crippen LogP) is 5.10. The number of carboxylic acid groups (broad SMARTS) is 1. The van der Waals surface area contributed by atoms with E-state index in [0.717, 1.165) is 43.7 Å². The number of anilines is 2. The third kappa shape index (κ3) is 6.72. The van der Waals surface area contributed by atoms with E-state index in [9.17, 15) is 14.7 Å². The van der Waals surface area contributed by atoms with Crippen LogP contribution >= 0.6 is 12.4 Å². The second kappa shape index (κ2) is 14.3. The highest BCUT2D eigenvalue weighted by Gasteiger charge is 2.25. The van der Waals surface area contributed by atoms with Gasteiger partial charge in [-0.1, -0.05) is 31.1 Å². The number of nitrogens with zero attached hydrogens (tertiary/aromatic N) is 3. The van der Waals surface area contributed by atoms with Crippen LogP contribution in [-0.4, -0.2) is 47.1 Å². The van der Waals surface area contributed by atoms with Crippen LogP contribution in [0.1, 0.15) is 60.4 Å². The summed E-state index contributed by atoms with van der Waals surface area (Å²) in [5, 5.41) is 9.15. The summed E-state index contributed by atoms with van der Waals surface area (Å²) in [7, 11) is 4.31. The highest BCUT2D eigenvalue weighted by molar-refractivity contribution is 5.89. The number of benzene rings is 2. The number of carbonyl (C=O) groups is 1. The second-order valence-corrected chi connectivity index (χ2v) is 10.5. The standard InChI is InChI=1S/C32H32FN5O7.ClH/c1-42-24-13-17(12-19-15-36-31(35)37-30(19)34)11-18(28(24)43-2)9-10-21-23(33)14-22-26(29(21)44-3)38(20-7-5-4-6-8-20)16-25(27(22)39)45-32(40)41;/h11,13-16,20H,4-8,12H2,1-3H3,(H,40,41)(H4,34,35,36,37);1H. The summed E-state index contributed by atoms with van der Waals surface area (Å²) in [5.74, 6) is 5.66. The third-order valence-corrected chi connectivity index (χ3v) is 7.73. The van der Waals surface area contributed by atoms with Crippen LogP contribution in [-0.2, 0) is 6.42 Å². The quantitative estimate of drug-likeness (QED) is 0.179. The van der Waals surface area contributed by atoms with E-state index in [0.29, 0.717) is 34.6 Å². The Bertz CT molecular complexity index is 1920. The van der Waals surface area contributed by atoms with Crippen molar-refractivity contribution in [3.8, 4) is 34.8 Å². The van der Waals surface area contributed by atoms with Crippen molar-refractivity contribution in [2.75, 3.05) is 32.8 Å². The minimum atomic E-state index is -1.64. The van der Waals surface area contributed by atoms with Crippen molar-refractivity contribution in [2.24, 2.45) is 0 Å². The Morgan fingerprint density at radius 1 is 1.04 bits per heavy atom. The maximum atomic E-state index is 15.8. The first-order valence-corrected chi connectivity index (χ1v) is 14.1. The SMILES string of the molecule is COc1cc(Cc2cnc(N)nc2N)cc(C#Cc2c(F)cc3c(=O)c(OC(=O)O)cn(C4CCCCC4)c3c2OC)c1OC.Cl. The molecule has 2 aromatic carbocycles. The molecule has 0 bridgehead atoms. The molecule has 1 fully saturated rings. The molecule has 1 aliphatic rings. The highest BCUT2D eigenvalue weighted by Crippen LogP contribution is 2.38. The Labute approximate surface area is 269 Å². The summed E-state index contributed by atoms with van der Waals surface area (Å²) in [5.41, 5.74) is 12.9. The predicted molar refractivity (Wildman–Crippen MR) is 172 cm³/mol. The number of aromatic nitrogens is 3. The minimum Gasteiger partial charge on any atom is -0.493 e. The van der Waals surface area contributed by atoms with Crippen LogP contribution in [0.4, 0.5) is 21.0 Å². The number of pyridine rings is 1. The van der Waals surface area contributed by atoms with Gasteiger partial charge in [-0.25, -0.2) is 14.2 Å². The Balaban J connectivity index is 0.00000480. The van der Waals surface area contributed by atoms with Crippen LogP contribution in [0.25, 0.3) is 10.9 Å². The van der Waals surface area contributed by atoms with Crippen molar-refractivity contribution >= 4 is 41.2 Å². The molecular formula is C32H33ClFN5O7. The van der Waals surface area contributed by atoms with Crippen LogP contribution < -0.4 is 35.8 Å². The van der Waals surface area contributed by atoms with Crippen molar-refractivity contribution in [2.45, 2.75) is 44.6 Å². The lowest BCUT2D eigenvalue weighted by Crippen LogP contribution is -2.21. The Kier molecular flexibility index (Phi) is 10.4. The molecule has 0 atom stereocenters. The average molecular weight is 654 g/mol. The second-order valence-electron chi connectivity index (χ2n) is 10.5. The van der Waals surface area contributed by atoms with Gasteiger partial charge in [0, 0.05) is 24.2 Å². The van der Waals surface area contributed by atoms with Gasteiger partial charge in [0.25, 0.3) is 0 Å². The zero-order valence-corrected chi connectivity index (χ0v) is 26.2. The molecule has 0 amide bonds. The van der Waals surface area contributed by atoms with E-state index < -0.39 is 23.2 Å². The molecule has 14 heteroatoms. The molecule has 46 heavy (non-hydrogen) atoms. The number of halogens is 2.